The number of likely N-dealkylation sites (tertiary alicyclic amines) is 1. The minimum atomic E-state index is 0.709. The lowest BCUT2D eigenvalue weighted by Gasteiger charge is -2.28. The van der Waals surface area contributed by atoms with Crippen molar-refractivity contribution in [3.8, 4) is 11.8 Å². The molecule has 0 spiro atoms. The van der Waals surface area contributed by atoms with Crippen molar-refractivity contribution in [2.75, 3.05) is 32.8 Å². The van der Waals surface area contributed by atoms with E-state index in [1.807, 2.05) is 24.3 Å². The summed E-state index contributed by atoms with van der Waals surface area (Å²) in [5.74, 6) is 0.993. The SMILES string of the molecule is N#Cc1ccc(SN2CCc3ccc(OCCCN4CCCCC4)cc3C2)cc1. The number of rotatable bonds is 7. The van der Waals surface area contributed by atoms with Gasteiger partial charge in [-0.05, 0) is 98.2 Å². The maximum absolute atomic E-state index is 8.95. The summed E-state index contributed by atoms with van der Waals surface area (Å²) in [5, 5.41) is 8.95. The van der Waals surface area contributed by atoms with E-state index in [-0.39, 0.29) is 0 Å². The zero-order valence-corrected chi connectivity index (χ0v) is 17.8. The number of nitriles is 1. The Bertz CT molecular complexity index is 840. The molecule has 0 aliphatic carbocycles. The van der Waals surface area contributed by atoms with Crippen LogP contribution < -0.4 is 4.74 Å². The first kappa shape index (κ1) is 20.3. The Hall–Kier alpha value is -2.00. The number of piperidine rings is 1. The number of benzene rings is 2. The number of nitrogens with zero attached hydrogens (tertiary/aromatic N) is 3. The Labute approximate surface area is 178 Å². The molecule has 2 aliphatic heterocycles. The summed E-state index contributed by atoms with van der Waals surface area (Å²) in [5.41, 5.74) is 3.51. The Morgan fingerprint density at radius 1 is 0.966 bits per heavy atom. The van der Waals surface area contributed by atoms with Crippen molar-refractivity contribution in [3.63, 3.8) is 0 Å². The van der Waals surface area contributed by atoms with Gasteiger partial charge < -0.3 is 9.64 Å². The van der Waals surface area contributed by atoms with Gasteiger partial charge in [0.2, 0.25) is 0 Å². The van der Waals surface area contributed by atoms with Crippen LogP contribution in [0.25, 0.3) is 0 Å². The average Bonchev–Trinajstić information content (AvgIpc) is 2.78. The van der Waals surface area contributed by atoms with Crippen LogP contribution in [-0.2, 0) is 13.0 Å². The molecule has 0 amide bonds. The monoisotopic (exact) mass is 407 g/mol. The smallest absolute Gasteiger partial charge is 0.119 e. The van der Waals surface area contributed by atoms with Gasteiger partial charge in [-0.15, -0.1) is 0 Å². The molecule has 0 N–H and O–H groups in total. The standard InChI is InChI=1S/C24H29N3OS/c25-18-20-5-9-24(10-6-20)29-27-15-11-21-7-8-23(17-22(21)19-27)28-16-4-14-26-12-2-1-3-13-26/h5-10,17H,1-4,11-16,19H2. The van der Waals surface area contributed by atoms with Crippen LogP contribution in [0.15, 0.2) is 47.4 Å². The fourth-order valence-electron chi connectivity index (χ4n) is 4.08. The molecule has 0 unspecified atom stereocenters. The van der Waals surface area contributed by atoms with Crippen LogP contribution in [0.5, 0.6) is 5.75 Å². The number of hydrogen-bond acceptors (Lipinski definition) is 5. The molecule has 2 aliphatic rings. The maximum atomic E-state index is 8.95. The lowest BCUT2D eigenvalue weighted by molar-refractivity contribution is 0.205. The van der Waals surface area contributed by atoms with Gasteiger partial charge in [-0.3, -0.25) is 0 Å². The molecule has 0 atom stereocenters. The van der Waals surface area contributed by atoms with Crippen molar-refractivity contribution in [2.24, 2.45) is 0 Å². The van der Waals surface area contributed by atoms with Crippen LogP contribution in [0.4, 0.5) is 0 Å². The first-order valence-corrected chi connectivity index (χ1v) is 11.5. The number of ether oxygens (including phenoxy) is 1. The minimum Gasteiger partial charge on any atom is -0.494 e. The van der Waals surface area contributed by atoms with E-state index in [9.17, 15) is 0 Å². The largest absolute Gasteiger partial charge is 0.494 e. The van der Waals surface area contributed by atoms with Crippen LogP contribution in [0, 0.1) is 11.3 Å². The predicted octanol–water partition coefficient (Wildman–Crippen LogP) is 4.88. The summed E-state index contributed by atoms with van der Waals surface area (Å²) in [6.07, 6.45) is 6.25. The van der Waals surface area contributed by atoms with Crippen molar-refractivity contribution < 1.29 is 4.74 Å². The second kappa shape index (κ2) is 10.2. The number of fused-ring (bicyclic) bond motifs is 1. The minimum absolute atomic E-state index is 0.709. The van der Waals surface area contributed by atoms with Crippen LogP contribution in [0.3, 0.4) is 0 Å². The third kappa shape index (κ3) is 5.76. The van der Waals surface area contributed by atoms with E-state index in [4.69, 9.17) is 10.00 Å². The zero-order chi connectivity index (χ0) is 19.9. The Morgan fingerprint density at radius 3 is 2.59 bits per heavy atom. The van der Waals surface area contributed by atoms with Gasteiger partial charge >= 0.3 is 0 Å². The van der Waals surface area contributed by atoms with Gasteiger partial charge in [0.25, 0.3) is 0 Å². The first-order chi connectivity index (χ1) is 14.3. The highest BCUT2D eigenvalue weighted by Crippen LogP contribution is 2.31. The van der Waals surface area contributed by atoms with Crippen molar-refractivity contribution in [3.05, 3.63) is 59.2 Å². The second-order valence-electron chi connectivity index (χ2n) is 7.88. The van der Waals surface area contributed by atoms with Crippen LogP contribution >= 0.6 is 11.9 Å². The summed E-state index contributed by atoms with van der Waals surface area (Å²) in [6.45, 7) is 6.41. The molecule has 4 rings (SSSR count). The molecule has 1 fully saturated rings. The van der Waals surface area contributed by atoms with E-state index in [1.165, 1.54) is 48.4 Å². The zero-order valence-electron chi connectivity index (χ0n) is 17.0. The van der Waals surface area contributed by atoms with E-state index in [1.54, 1.807) is 11.9 Å². The van der Waals surface area contributed by atoms with E-state index < -0.39 is 0 Å². The van der Waals surface area contributed by atoms with E-state index >= 15 is 0 Å². The quantitative estimate of drug-likeness (QED) is 0.483. The molecule has 2 aromatic rings. The lowest BCUT2D eigenvalue weighted by atomic mass is 10.0. The maximum Gasteiger partial charge on any atom is 0.119 e. The normalized spacial score (nSPS) is 17.5. The molecule has 2 aromatic carbocycles. The molecule has 0 aromatic heterocycles. The molecule has 1 saturated heterocycles. The van der Waals surface area contributed by atoms with Crippen molar-refractivity contribution in [1.29, 1.82) is 5.26 Å². The van der Waals surface area contributed by atoms with Crippen LogP contribution in [0.2, 0.25) is 0 Å². The summed E-state index contributed by atoms with van der Waals surface area (Å²) >= 11 is 1.77. The number of hydrogen-bond donors (Lipinski definition) is 0. The van der Waals surface area contributed by atoms with Gasteiger partial charge in [0.15, 0.2) is 0 Å². The molecule has 4 nitrogen and oxygen atoms in total. The summed E-state index contributed by atoms with van der Waals surface area (Å²) in [7, 11) is 0. The van der Waals surface area contributed by atoms with Crippen molar-refractivity contribution in [2.45, 2.75) is 43.5 Å². The van der Waals surface area contributed by atoms with E-state index in [0.717, 1.165) is 44.8 Å². The third-order valence-corrected chi connectivity index (χ3v) is 6.76. The Kier molecular flexibility index (Phi) is 7.10. The molecular weight excluding hydrogens is 378 g/mol. The van der Waals surface area contributed by atoms with Crippen LogP contribution in [0.1, 0.15) is 42.4 Å². The highest BCUT2D eigenvalue weighted by molar-refractivity contribution is 7.97. The van der Waals surface area contributed by atoms with Gasteiger partial charge in [-0.2, -0.15) is 5.26 Å². The van der Waals surface area contributed by atoms with E-state index in [2.05, 4.69) is 33.5 Å². The summed E-state index contributed by atoms with van der Waals surface area (Å²) < 4.78 is 8.45. The molecule has 152 valence electrons. The molecule has 0 saturated carbocycles. The van der Waals surface area contributed by atoms with Gasteiger partial charge in [0.1, 0.15) is 5.75 Å². The summed E-state index contributed by atoms with van der Waals surface area (Å²) in [6, 6.07) is 16.6. The molecule has 5 heteroatoms. The van der Waals surface area contributed by atoms with Crippen LogP contribution in [-0.4, -0.2) is 42.0 Å². The Morgan fingerprint density at radius 2 is 1.79 bits per heavy atom. The van der Waals surface area contributed by atoms with Gasteiger partial charge in [-0.25, -0.2) is 4.31 Å². The fraction of sp³-hybridized carbons (Fsp3) is 0.458. The third-order valence-electron chi connectivity index (χ3n) is 5.71. The van der Waals surface area contributed by atoms with E-state index in [0.29, 0.717) is 5.56 Å². The highest BCUT2D eigenvalue weighted by Gasteiger charge is 2.18. The average molecular weight is 408 g/mol. The topological polar surface area (TPSA) is 39.5 Å². The second-order valence-corrected chi connectivity index (χ2v) is 9.05. The molecule has 2 heterocycles. The van der Waals surface area contributed by atoms with Gasteiger partial charge in [-0.1, -0.05) is 12.5 Å². The van der Waals surface area contributed by atoms with Gasteiger partial charge in [0.05, 0.1) is 18.2 Å². The summed E-state index contributed by atoms with van der Waals surface area (Å²) in [4.78, 5) is 3.75. The molecule has 0 bridgehead atoms. The molecular formula is C24H29N3OS. The fourth-order valence-corrected chi connectivity index (χ4v) is 5.02. The van der Waals surface area contributed by atoms with Crippen molar-refractivity contribution in [1.82, 2.24) is 9.21 Å². The Balaban J connectivity index is 1.27. The predicted molar refractivity (Wildman–Crippen MR) is 118 cm³/mol. The first-order valence-electron chi connectivity index (χ1n) is 10.7. The lowest BCUT2D eigenvalue weighted by Crippen LogP contribution is -2.31. The molecule has 0 radical (unpaired) electrons. The molecule has 29 heavy (non-hydrogen) atoms. The van der Waals surface area contributed by atoms with Crippen molar-refractivity contribution >= 4 is 11.9 Å². The highest BCUT2D eigenvalue weighted by atomic mass is 32.2. The van der Waals surface area contributed by atoms with Gasteiger partial charge in [0, 0.05) is 24.5 Å².